The van der Waals surface area contributed by atoms with Crippen LogP contribution in [0.5, 0.6) is 0 Å². The van der Waals surface area contributed by atoms with Gasteiger partial charge in [-0.05, 0) is 46.7 Å². The second kappa shape index (κ2) is 6.48. The fraction of sp³-hybridized carbons (Fsp3) is 0.227. The van der Waals surface area contributed by atoms with Crippen molar-refractivity contribution in [2.75, 3.05) is 0 Å². The summed E-state index contributed by atoms with van der Waals surface area (Å²) in [6.07, 6.45) is 3.72. The number of fused-ring (bicyclic) bond motifs is 2. The normalized spacial score (nSPS) is 16.6. The number of rotatable bonds is 3. The maximum atomic E-state index is 12.5. The third kappa shape index (κ3) is 3.05. The van der Waals surface area contributed by atoms with E-state index in [0.717, 1.165) is 24.8 Å². The summed E-state index contributed by atoms with van der Waals surface area (Å²) in [5.74, 6) is 0.104. The second-order valence-electron chi connectivity index (χ2n) is 6.57. The Bertz CT molecular complexity index is 884. The highest BCUT2D eigenvalue weighted by molar-refractivity contribution is 5.85. The highest BCUT2D eigenvalue weighted by atomic mass is 16.1. The summed E-state index contributed by atoms with van der Waals surface area (Å²) in [7, 11) is 0. The number of carbonyl (C=O) groups excluding carboxylic acids is 1. The molecule has 0 aliphatic heterocycles. The Morgan fingerprint density at radius 3 is 2.67 bits per heavy atom. The highest BCUT2D eigenvalue weighted by Crippen LogP contribution is 2.29. The van der Waals surface area contributed by atoms with Crippen LogP contribution in [0.4, 0.5) is 0 Å². The largest absolute Gasteiger partial charge is 0.349 e. The zero-order valence-corrected chi connectivity index (χ0v) is 13.7. The number of benzene rings is 3. The second-order valence-corrected chi connectivity index (χ2v) is 6.57. The van der Waals surface area contributed by atoms with E-state index in [-0.39, 0.29) is 11.9 Å². The smallest absolute Gasteiger partial charge is 0.224 e. The first-order valence-electron chi connectivity index (χ1n) is 8.64. The maximum Gasteiger partial charge on any atom is 0.224 e. The third-order valence-corrected chi connectivity index (χ3v) is 4.88. The van der Waals surface area contributed by atoms with Crippen LogP contribution in [0.2, 0.25) is 0 Å². The number of hydrogen-bond donors (Lipinski definition) is 1. The van der Waals surface area contributed by atoms with Crippen LogP contribution in [0.1, 0.15) is 35.6 Å². The number of aryl methyl sites for hydroxylation is 1. The van der Waals surface area contributed by atoms with Crippen LogP contribution in [0.3, 0.4) is 0 Å². The Balaban J connectivity index is 1.48. The van der Waals surface area contributed by atoms with Crippen molar-refractivity contribution in [1.82, 2.24) is 5.32 Å². The lowest BCUT2D eigenvalue weighted by Gasteiger charge is -2.26. The van der Waals surface area contributed by atoms with Crippen molar-refractivity contribution in [2.45, 2.75) is 31.7 Å². The van der Waals surface area contributed by atoms with Gasteiger partial charge in [-0.15, -0.1) is 0 Å². The van der Waals surface area contributed by atoms with E-state index in [4.69, 9.17) is 0 Å². The average molecular weight is 315 g/mol. The summed E-state index contributed by atoms with van der Waals surface area (Å²) in [5.41, 5.74) is 3.73. The molecule has 1 atom stereocenters. The van der Waals surface area contributed by atoms with Crippen LogP contribution in [-0.2, 0) is 17.6 Å². The maximum absolute atomic E-state index is 12.5. The van der Waals surface area contributed by atoms with E-state index < -0.39 is 0 Å². The Labute approximate surface area is 142 Å². The van der Waals surface area contributed by atoms with E-state index in [9.17, 15) is 4.79 Å². The monoisotopic (exact) mass is 315 g/mol. The van der Waals surface area contributed by atoms with Gasteiger partial charge in [0.05, 0.1) is 12.5 Å². The Hall–Kier alpha value is -2.61. The van der Waals surface area contributed by atoms with E-state index in [0.29, 0.717) is 6.42 Å². The third-order valence-electron chi connectivity index (χ3n) is 4.88. The minimum Gasteiger partial charge on any atom is -0.349 e. The quantitative estimate of drug-likeness (QED) is 0.753. The van der Waals surface area contributed by atoms with Crippen molar-refractivity contribution in [1.29, 1.82) is 0 Å². The highest BCUT2D eigenvalue weighted by Gasteiger charge is 2.21. The van der Waals surface area contributed by atoms with E-state index >= 15 is 0 Å². The number of hydrogen-bond acceptors (Lipinski definition) is 1. The molecule has 1 aliphatic rings. The zero-order chi connectivity index (χ0) is 16.4. The summed E-state index contributed by atoms with van der Waals surface area (Å²) < 4.78 is 0. The van der Waals surface area contributed by atoms with Crippen LogP contribution in [0.25, 0.3) is 10.8 Å². The molecule has 3 aromatic rings. The van der Waals surface area contributed by atoms with Crippen molar-refractivity contribution < 1.29 is 4.79 Å². The molecule has 0 aromatic heterocycles. The molecule has 0 spiro atoms. The Morgan fingerprint density at radius 1 is 0.958 bits per heavy atom. The van der Waals surface area contributed by atoms with Crippen molar-refractivity contribution in [2.24, 2.45) is 0 Å². The van der Waals surface area contributed by atoms with Crippen LogP contribution in [0.15, 0.2) is 66.7 Å². The first-order valence-corrected chi connectivity index (χ1v) is 8.64. The van der Waals surface area contributed by atoms with Gasteiger partial charge in [0.15, 0.2) is 0 Å². The molecule has 2 heteroatoms. The molecule has 0 radical (unpaired) electrons. The van der Waals surface area contributed by atoms with Gasteiger partial charge in [-0.2, -0.15) is 0 Å². The SMILES string of the molecule is O=C(Cc1ccc2ccccc2c1)NC1CCCc2ccccc21. The lowest BCUT2D eigenvalue weighted by molar-refractivity contribution is -0.121. The Morgan fingerprint density at radius 2 is 1.75 bits per heavy atom. The van der Waals surface area contributed by atoms with Gasteiger partial charge in [0.1, 0.15) is 0 Å². The number of amides is 1. The average Bonchev–Trinajstić information content (AvgIpc) is 2.62. The van der Waals surface area contributed by atoms with Crippen molar-refractivity contribution in [3.63, 3.8) is 0 Å². The minimum atomic E-state index is 0.104. The molecule has 24 heavy (non-hydrogen) atoms. The van der Waals surface area contributed by atoms with E-state index in [1.807, 2.05) is 12.1 Å². The van der Waals surface area contributed by atoms with Gasteiger partial charge in [0.25, 0.3) is 0 Å². The first-order chi connectivity index (χ1) is 11.8. The van der Waals surface area contributed by atoms with E-state index in [1.165, 1.54) is 21.9 Å². The van der Waals surface area contributed by atoms with Gasteiger partial charge in [-0.25, -0.2) is 0 Å². The molecule has 0 fully saturated rings. The summed E-state index contributed by atoms with van der Waals surface area (Å²) in [6.45, 7) is 0. The lowest BCUT2D eigenvalue weighted by atomic mass is 9.87. The zero-order valence-electron chi connectivity index (χ0n) is 13.7. The molecular weight excluding hydrogens is 294 g/mol. The van der Waals surface area contributed by atoms with Crippen molar-refractivity contribution >= 4 is 16.7 Å². The summed E-state index contributed by atoms with van der Waals surface area (Å²) in [5, 5.41) is 5.63. The molecule has 1 unspecified atom stereocenters. The fourth-order valence-corrected chi connectivity index (χ4v) is 3.68. The van der Waals surface area contributed by atoms with Crippen LogP contribution >= 0.6 is 0 Å². The van der Waals surface area contributed by atoms with E-state index in [1.54, 1.807) is 0 Å². The predicted molar refractivity (Wildman–Crippen MR) is 97.9 cm³/mol. The van der Waals surface area contributed by atoms with E-state index in [2.05, 4.69) is 59.9 Å². The molecule has 0 saturated carbocycles. The van der Waals surface area contributed by atoms with Crippen molar-refractivity contribution in [3.8, 4) is 0 Å². The minimum absolute atomic E-state index is 0.104. The van der Waals surface area contributed by atoms with Crippen molar-refractivity contribution in [3.05, 3.63) is 83.4 Å². The topological polar surface area (TPSA) is 29.1 Å². The standard InChI is InChI=1S/C22H21NO/c24-22(15-16-12-13-17-6-1-2-8-19(17)14-16)23-21-11-5-9-18-7-3-4-10-20(18)21/h1-4,6-8,10,12-14,21H,5,9,11,15H2,(H,23,24). The molecule has 2 nitrogen and oxygen atoms in total. The van der Waals surface area contributed by atoms with Gasteiger partial charge in [0.2, 0.25) is 5.91 Å². The molecule has 3 aromatic carbocycles. The lowest BCUT2D eigenvalue weighted by Crippen LogP contribution is -2.32. The molecule has 0 heterocycles. The molecule has 1 N–H and O–H groups in total. The number of nitrogens with one attached hydrogen (secondary N) is 1. The molecular formula is C22H21NO. The van der Waals surface area contributed by atoms with Gasteiger partial charge in [0, 0.05) is 0 Å². The molecule has 0 bridgehead atoms. The molecule has 0 saturated heterocycles. The molecule has 1 amide bonds. The van der Waals surface area contributed by atoms with Gasteiger partial charge < -0.3 is 5.32 Å². The summed E-state index contributed by atoms with van der Waals surface area (Å²) in [4.78, 5) is 12.5. The fourth-order valence-electron chi connectivity index (χ4n) is 3.68. The van der Waals surface area contributed by atoms with Gasteiger partial charge in [-0.3, -0.25) is 4.79 Å². The molecule has 120 valence electrons. The molecule has 1 aliphatic carbocycles. The number of carbonyl (C=O) groups is 1. The summed E-state index contributed by atoms with van der Waals surface area (Å²) in [6, 6.07) is 23.1. The predicted octanol–water partition coefficient (Wildman–Crippen LogP) is 4.58. The van der Waals surface area contributed by atoms with Crippen LogP contribution in [0, 0.1) is 0 Å². The summed E-state index contributed by atoms with van der Waals surface area (Å²) >= 11 is 0. The first kappa shape index (κ1) is 14.9. The van der Waals surface area contributed by atoms with Crippen LogP contribution in [-0.4, -0.2) is 5.91 Å². The van der Waals surface area contributed by atoms with Gasteiger partial charge >= 0.3 is 0 Å². The van der Waals surface area contributed by atoms with Crippen LogP contribution < -0.4 is 5.32 Å². The Kier molecular flexibility index (Phi) is 4.04. The van der Waals surface area contributed by atoms with Gasteiger partial charge in [-0.1, -0.05) is 66.7 Å². The molecule has 4 rings (SSSR count).